The second-order valence-electron chi connectivity index (χ2n) is 3.48. The number of esters is 2. The molecule has 0 saturated heterocycles. The zero-order valence-electron chi connectivity index (χ0n) is 9.20. The molecule has 0 aliphatic carbocycles. The molecule has 0 radical (unpaired) electrons. The third kappa shape index (κ3) is 5.56. The molecule has 0 amide bonds. The van der Waals surface area contributed by atoms with Gasteiger partial charge in [-0.15, -0.1) is 0 Å². The molecule has 0 rings (SSSR count). The highest BCUT2D eigenvalue weighted by molar-refractivity contribution is 5.78. The van der Waals surface area contributed by atoms with Gasteiger partial charge in [-0.05, 0) is 19.3 Å². The Morgan fingerprint density at radius 3 is 2.21 bits per heavy atom. The molecule has 0 bridgehead atoms. The summed E-state index contributed by atoms with van der Waals surface area (Å²) in [6.45, 7) is 7.21. The number of carbonyl (C=O) groups is 2. The molecule has 1 atom stereocenters. The number of hydrogen-bond acceptors (Lipinski definition) is 4. The molecule has 1 unspecified atom stereocenters. The van der Waals surface area contributed by atoms with E-state index in [4.69, 9.17) is 9.47 Å². The third-order valence-electron chi connectivity index (χ3n) is 1.54. The van der Waals surface area contributed by atoms with E-state index in [0.717, 1.165) is 0 Å². The zero-order chi connectivity index (χ0) is 11.1. The van der Waals surface area contributed by atoms with Crippen LogP contribution in [-0.2, 0) is 19.1 Å². The summed E-state index contributed by atoms with van der Waals surface area (Å²) in [5, 5.41) is 0. The van der Waals surface area contributed by atoms with E-state index in [9.17, 15) is 9.59 Å². The van der Waals surface area contributed by atoms with E-state index >= 15 is 0 Å². The van der Waals surface area contributed by atoms with E-state index in [0.29, 0.717) is 13.0 Å². The molecule has 0 aliphatic heterocycles. The van der Waals surface area contributed by atoms with E-state index in [1.807, 2.05) is 13.8 Å². The second-order valence-corrected chi connectivity index (χ2v) is 3.48. The number of hydrogen-bond donors (Lipinski definition) is 0. The van der Waals surface area contributed by atoms with Gasteiger partial charge in [0.05, 0.1) is 6.61 Å². The first-order valence-corrected chi connectivity index (χ1v) is 4.81. The van der Waals surface area contributed by atoms with Crippen LogP contribution in [0.5, 0.6) is 0 Å². The van der Waals surface area contributed by atoms with Gasteiger partial charge in [-0.2, -0.15) is 0 Å². The van der Waals surface area contributed by atoms with Crippen molar-refractivity contribution >= 4 is 11.9 Å². The molecule has 0 heterocycles. The molecular weight excluding hydrogens is 184 g/mol. The van der Waals surface area contributed by atoms with Crippen molar-refractivity contribution in [2.45, 2.75) is 40.2 Å². The third-order valence-corrected chi connectivity index (χ3v) is 1.54. The summed E-state index contributed by atoms with van der Waals surface area (Å²) < 4.78 is 9.65. The van der Waals surface area contributed by atoms with Gasteiger partial charge in [-0.25, -0.2) is 4.79 Å². The molecule has 4 heteroatoms. The van der Waals surface area contributed by atoms with Crippen LogP contribution in [0.1, 0.15) is 34.1 Å². The fraction of sp³-hybridized carbons (Fsp3) is 0.800. The molecule has 0 fully saturated rings. The smallest absolute Gasteiger partial charge is 0.347 e. The molecular formula is C10H18O4. The average Bonchev–Trinajstić information content (AvgIpc) is 2.01. The topological polar surface area (TPSA) is 52.6 Å². The summed E-state index contributed by atoms with van der Waals surface area (Å²) in [5.74, 6) is -0.635. The van der Waals surface area contributed by atoms with Crippen molar-refractivity contribution in [1.82, 2.24) is 0 Å². The highest BCUT2D eigenvalue weighted by Gasteiger charge is 2.23. The Morgan fingerprint density at radius 1 is 1.29 bits per heavy atom. The molecule has 14 heavy (non-hydrogen) atoms. The maximum atomic E-state index is 11.3. The lowest BCUT2D eigenvalue weighted by molar-refractivity contribution is -0.167. The average molecular weight is 202 g/mol. The minimum absolute atomic E-state index is 0.281. The van der Waals surface area contributed by atoms with Gasteiger partial charge in [0.2, 0.25) is 0 Å². The van der Waals surface area contributed by atoms with Crippen molar-refractivity contribution < 1.29 is 19.1 Å². The van der Waals surface area contributed by atoms with Gasteiger partial charge >= 0.3 is 11.9 Å². The van der Waals surface area contributed by atoms with Gasteiger partial charge in [-0.1, -0.05) is 13.8 Å². The Balaban J connectivity index is 4.22. The van der Waals surface area contributed by atoms with Gasteiger partial charge in [0.25, 0.3) is 0 Å². The van der Waals surface area contributed by atoms with Crippen molar-refractivity contribution in [3.63, 3.8) is 0 Å². The first-order chi connectivity index (χ1) is 6.47. The molecule has 0 aromatic carbocycles. The SMILES string of the molecule is CCOC(=O)C(CC(C)C)OC(C)=O. The number of carbonyl (C=O) groups excluding carboxylic acids is 2. The summed E-state index contributed by atoms with van der Waals surface area (Å²) in [6, 6.07) is 0. The van der Waals surface area contributed by atoms with Crippen molar-refractivity contribution in [2.24, 2.45) is 5.92 Å². The Hall–Kier alpha value is -1.06. The van der Waals surface area contributed by atoms with Crippen LogP contribution in [0.15, 0.2) is 0 Å². The fourth-order valence-electron chi connectivity index (χ4n) is 1.06. The predicted molar refractivity (Wildman–Crippen MR) is 51.6 cm³/mol. The highest BCUT2D eigenvalue weighted by atomic mass is 16.6. The molecule has 0 spiro atoms. The maximum Gasteiger partial charge on any atom is 0.347 e. The van der Waals surface area contributed by atoms with Crippen molar-refractivity contribution in [3.8, 4) is 0 Å². The number of ether oxygens (including phenoxy) is 2. The standard InChI is InChI=1S/C10H18O4/c1-5-13-10(12)9(6-7(2)3)14-8(4)11/h7,9H,5-6H2,1-4H3. The molecule has 0 aromatic heterocycles. The summed E-state index contributed by atoms with van der Waals surface area (Å²) in [4.78, 5) is 22.0. The molecule has 82 valence electrons. The quantitative estimate of drug-likeness (QED) is 0.634. The zero-order valence-corrected chi connectivity index (χ0v) is 9.20. The maximum absolute atomic E-state index is 11.3. The van der Waals surface area contributed by atoms with Crippen LogP contribution in [0.25, 0.3) is 0 Å². The summed E-state index contributed by atoms with van der Waals surface area (Å²) in [6.07, 6.45) is -0.259. The molecule has 0 aliphatic rings. The Labute approximate surface area is 84.6 Å². The van der Waals surface area contributed by atoms with E-state index in [1.54, 1.807) is 6.92 Å². The first-order valence-electron chi connectivity index (χ1n) is 4.81. The molecule has 0 aromatic rings. The lowest BCUT2D eigenvalue weighted by Gasteiger charge is -2.16. The Bertz CT molecular complexity index is 198. The van der Waals surface area contributed by atoms with Crippen LogP contribution >= 0.6 is 0 Å². The Kier molecular flexibility index (Phi) is 5.92. The van der Waals surface area contributed by atoms with Gasteiger partial charge in [0, 0.05) is 6.92 Å². The monoisotopic (exact) mass is 202 g/mol. The highest BCUT2D eigenvalue weighted by Crippen LogP contribution is 2.10. The van der Waals surface area contributed by atoms with E-state index in [2.05, 4.69) is 0 Å². The van der Waals surface area contributed by atoms with Gasteiger partial charge in [-0.3, -0.25) is 4.79 Å². The summed E-state index contributed by atoms with van der Waals surface area (Å²) >= 11 is 0. The van der Waals surface area contributed by atoms with Crippen LogP contribution in [0, 0.1) is 5.92 Å². The minimum atomic E-state index is -0.757. The van der Waals surface area contributed by atoms with Crippen molar-refractivity contribution in [3.05, 3.63) is 0 Å². The van der Waals surface area contributed by atoms with Crippen molar-refractivity contribution in [2.75, 3.05) is 6.61 Å². The second kappa shape index (κ2) is 6.40. The lowest BCUT2D eigenvalue weighted by Crippen LogP contribution is -2.29. The van der Waals surface area contributed by atoms with Gasteiger partial charge < -0.3 is 9.47 Å². The van der Waals surface area contributed by atoms with E-state index in [-0.39, 0.29) is 5.92 Å². The van der Waals surface area contributed by atoms with Gasteiger partial charge in [0.15, 0.2) is 6.10 Å². The summed E-state index contributed by atoms with van der Waals surface area (Å²) in [5.41, 5.74) is 0. The normalized spacial score (nSPS) is 12.4. The van der Waals surface area contributed by atoms with Crippen LogP contribution < -0.4 is 0 Å². The van der Waals surface area contributed by atoms with Crippen LogP contribution in [0.2, 0.25) is 0 Å². The largest absolute Gasteiger partial charge is 0.463 e. The lowest BCUT2D eigenvalue weighted by atomic mass is 10.1. The van der Waals surface area contributed by atoms with Crippen LogP contribution in [0.4, 0.5) is 0 Å². The van der Waals surface area contributed by atoms with Gasteiger partial charge in [0.1, 0.15) is 0 Å². The van der Waals surface area contributed by atoms with E-state index in [1.165, 1.54) is 6.92 Å². The van der Waals surface area contributed by atoms with Crippen LogP contribution in [0.3, 0.4) is 0 Å². The Morgan fingerprint density at radius 2 is 1.86 bits per heavy atom. The minimum Gasteiger partial charge on any atom is -0.463 e. The summed E-state index contributed by atoms with van der Waals surface area (Å²) in [7, 11) is 0. The first kappa shape index (κ1) is 12.9. The predicted octanol–water partition coefficient (Wildman–Crippen LogP) is 1.53. The molecule has 4 nitrogen and oxygen atoms in total. The molecule has 0 N–H and O–H groups in total. The number of rotatable bonds is 5. The molecule has 0 saturated carbocycles. The fourth-order valence-corrected chi connectivity index (χ4v) is 1.06. The van der Waals surface area contributed by atoms with Crippen molar-refractivity contribution in [1.29, 1.82) is 0 Å². The van der Waals surface area contributed by atoms with Crippen LogP contribution in [-0.4, -0.2) is 24.6 Å². The van der Waals surface area contributed by atoms with E-state index < -0.39 is 18.0 Å².